The first-order chi connectivity index (χ1) is 11.7. The van der Waals surface area contributed by atoms with Crippen molar-refractivity contribution in [3.05, 3.63) is 71.8 Å². The number of benzene rings is 2. The van der Waals surface area contributed by atoms with Gasteiger partial charge in [0, 0.05) is 13.0 Å². The molecule has 0 amide bonds. The lowest BCUT2D eigenvalue weighted by Gasteiger charge is -2.27. The van der Waals surface area contributed by atoms with Gasteiger partial charge in [0.05, 0.1) is 13.2 Å². The van der Waals surface area contributed by atoms with E-state index in [0.29, 0.717) is 19.5 Å². The number of rotatable bonds is 7. The van der Waals surface area contributed by atoms with Crippen LogP contribution in [-0.4, -0.2) is 41.4 Å². The van der Waals surface area contributed by atoms with Crippen LogP contribution in [0.3, 0.4) is 0 Å². The van der Waals surface area contributed by atoms with Gasteiger partial charge in [0.2, 0.25) is 0 Å². The van der Waals surface area contributed by atoms with E-state index in [1.807, 2.05) is 67.6 Å². The molecule has 0 atom stereocenters. The Morgan fingerprint density at radius 1 is 0.917 bits per heavy atom. The second kappa shape index (κ2) is 9.24. The molecule has 2 aromatic rings. The number of nitrogens with zero attached hydrogens (tertiary/aromatic N) is 1. The van der Waals surface area contributed by atoms with Gasteiger partial charge in [0.25, 0.3) is 0 Å². The van der Waals surface area contributed by atoms with Crippen LogP contribution in [0.5, 0.6) is 0 Å². The average Bonchev–Trinajstić information content (AvgIpc) is 2.65. The zero-order chi connectivity index (χ0) is 17.3. The molecule has 2 aromatic carbocycles. The molecular weight excluding hydrogens is 298 g/mol. The van der Waals surface area contributed by atoms with Gasteiger partial charge in [-0.05, 0) is 17.7 Å². The van der Waals surface area contributed by atoms with Gasteiger partial charge in [0.1, 0.15) is 5.60 Å². The molecule has 2 rings (SSSR count). The van der Waals surface area contributed by atoms with Gasteiger partial charge in [-0.2, -0.15) is 0 Å². The first-order valence-electron chi connectivity index (χ1n) is 8.33. The highest BCUT2D eigenvalue weighted by molar-refractivity contribution is 5.37. The first kappa shape index (κ1) is 18.2. The van der Waals surface area contributed by atoms with E-state index in [2.05, 4.69) is 16.7 Å². The topological polar surface area (TPSA) is 43.7 Å². The molecule has 2 N–H and O–H groups in total. The van der Waals surface area contributed by atoms with Crippen LogP contribution < -0.4 is 0 Å². The zero-order valence-corrected chi connectivity index (χ0v) is 14.2. The predicted molar refractivity (Wildman–Crippen MR) is 97.5 cm³/mol. The monoisotopic (exact) mass is 323 g/mol. The maximum atomic E-state index is 11.3. The van der Waals surface area contributed by atoms with Crippen molar-refractivity contribution in [1.82, 2.24) is 4.90 Å². The maximum absolute atomic E-state index is 11.3. The van der Waals surface area contributed by atoms with Crippen molar-refractivity contribution < 1.29 is 10.2 Å². The van der Waals surface area contributed by atoms with E-state index in [1.165, 1.54) is 0 Å². The molecular formula is C21H25NO2. The molecule has 0 aliphatic carbocycles. The highest BCUT2D eigenvalue weighted by Gasteiger charge is 2.30. The minimum Gasteiger partial charge on any atom is -0.395 e. The van der Waals surface area contributed by atoms with E-state index in [4.69, 9.17) is 5.11 Å². The predicted octanol–water partition coefficient (Wildman–Crippen LogP) is 2.63. The van der Waals surface area contributed by atoms with E-state index in [-0.39, 0.29) is 6.61 Å². The van der Waals surface area contributed by atoms with Crippen molar-refractivity contribution in [2.24, 2.45) is 0 Å². The molecule has 3 nitrogen and oxygen atoms in total. The molecule has 0 saturated carbocycles. The molecule has 0 spiro atoms. The Balaban J connectivity index is 2.20. The molecule has 0 heterocycles. The summed E-state index contributed by atoms with van der Waals surface area (Å²) in [7, 11) is 0. The van der Waals surface area contributed by atoms with Crippen LogP contribution in [0.1, 0.15) is 24.5 Å². The van der Waals surface area contributed by atoms with Gasteiger partial charge in [-0.15, -0.1) is 0 Å². The van der Waals surface area contributed by atoms with E-state index in [1.54, 1.807) is 0 Å². The number of likely N-dealkylation sites (N-methyl/N-ethyl adjacent to an activating group) is 1. The second-order valence-corrected chi connectivity index (χ2v) is 5.72. The van der Waals surface area contributed by atoms with Crippen LogP contribution in [0.15, 0.2) is 60.7 Å². The molecule has 0 aliphatic heterocycles. The van der Waals surface area contributed by atoms with Crippen molar-refractivity contribution in [2.75, 3.05) is 26.2 Å². The fraction of sp³-hybridized carbons (Fsp3) is 0.333. The second-order valence-electron chi connectivity index (χ2n) is 5.72. The highest BCUT2D eigenvalue weighted by Crippen LogP contribution is 2.32. The van der Waals surface area contributed by atoms with Crippen molar-refractivity contribution in [1.29, 1.82) is 0 Å². The first-order valence-corrected chi connectivity index (χ1v) is 8.33. The number of aliphatic hydroxyl groups excluding tert-OH is 1. The van der Waals surface area contributed by atoms with Gasteiger partial charge in [-0.25, -0.2) is 0 Å². The quantitative estimate of drug-likeness (QED) is 0.770. The van der Waals surface area contributed by atoms with Crippen molar-refractivity contribution >= 4 is 0 Å². The largest absolute Gasteiger partial charge is 0.395 e. The Hall–Kier alpha value is -2.12. The molecule has 3 heteroatoms. The third kappa shape index (κ3) is 4.69. The Morgan fingerprint density at radius 2 is 1.46 bits per heavy atom. The number of aliphatic hydroxyl groups is 2. The summed E-state index contributed by atoms with van der Waals surface area (Å²) in [4.78, 5) is 2.07. The Bertz CT molecular complexity index is 619. The summed E-state index contributed by atoms with van der Waals surface area (Å²) in [6.45, 7) is 4.23. The average molecular weight is 323 g/mol. The van der Waals surface area contributed by atoms with Crippen LogP contribution >= 0.6 is 0 Å². The van der Waals surface area contributed by atoms with Crippen LogP contribution in [0.4, 0.5) is 0 Å². The maximum Gasteiger partial charge on any atom is 0.125 e. The van der Waals surface area contributed by atoms with Gasteiger partial charge >= 0.3 is 0 Å². The van der Waals surface area contributed by atoms with Crippen LogP contribution in [-0.2, 0) is 5.60 Å². The van der Waals surface area contributed by atoms with E-state index in [0.717, 1.165) is 17.7 Å². The minimum atomic E-state index is -1.12. The summed E-state index contributed by atoms with van der Waals surface area (Å²) in [5.74, 6) is 6.24. The third-order valence-corrected chi connectivity index (χ3v) is 4.14. The lowest BCUT2D eigenvalue weighted by Crippen LogP contribution is -2.28. The van der Waals surface area contributed by atoms with Crippen molar-refractivity contribution in [3.63, 3.8) is 0 Å². The molecule has 0 aromatic heterocycles. The summed E-state index contributed by atoms with van der Waals surface area (Å²) >= 11 is 0. The number of hydrogen-bond donors (Lipinski definition) is 2. The van der Waals surface area contributed by atoms with Crippen molar-refractivity contribution in [3.8, 4) is 11.8 Å². The Morgan fingerprint density at radius 3 is 1.92 bits per heavy atom. The molecule has 0 fully saturated rings. The van der Waals surface area contributed by atoms with Gasteiger partial charge in [0.15, 0.2) is 0 Å². The lowest BCUT2D eigenvalue weighted by atomic mass is 9.84. The standard InChI is InChI=1S/C21H25NO2/c1-2-22(17-18-23)16-10-9-15-21(24,19-11-5-3-6-12-19)20-13-7-4-8-14-20/h3-8,11-14,23-24H,2,15-18H2,1H3. The SMILES string of the molecule is CCN(CC#CCC(O)(c1ccccc1)c1ccccc1)CCO. The molecule has 0 aliphatic rings. The van der Waals surface area contributed by atoms with E-state index in [9.17, 15) is 5.11 Å². The fourth-order valence-electron chi connectivity index (χ4n) is 2.65. The van der Waals surface area contributed by atoms with Gasteiger partial charge < -0.3 is 10.2 Å². The summed E-state index contributed by atoms with van der Waals surface area (Å²) < 4.78 is 0. The molecule has 0 saturated heterocycles. The normalized spacial score (nSPS) is 11.2. The lowest BCUT2D eigenvalue weighted by molar-refractivity contribution is 0.0864. The summed E-state index contributed by atoms with van der Waals surface area (Å²) in [6.07, 6.45) is 0.331. The van der Waals surface area contributed by atoms with Gasteiger partial charge in [-0.3, -0.25) is 4.90 Å². The highest BCUT2D eigenvalue weighted by atomic mass is 16.3. The Labute approximate surface area is 144 Å². The summed E-state index contributed by atoms with van der Waals surface area (Å²) in [6, 6.07) is 19.3. The Kier molecular flexibility index (Phi) is 7.02. The molecule has 0 unspecified atom stereocenters. The van der Waals surface area contributed by atoms with Crippen LogP contribution in [0.25, 0.3) is 0 Å². The summed E-state index contributed by atoms with van der Waals surface area (Å²) in [5, 5.41) is 20.3. The molecule has 0 bridgehead atoms. The zero-order valence-electron chi connectivity index (χ0n) is 14.2. The molecule has 0 radical (unpaired) electrons. The molecule has 24 heavy (non-hydrogen) atoms. The van der Waals surface area contributed by atoms with Crippen molar-refractivity contribution in [2.45, 2.75) is 18.9 Å². The van der Waals surface area contributed by atoms with Gasteiger partial charge in [-0.1, -0.05) is 79.4 Å². The third-order valence-electron chi connectivity index (χ3n) is 4.14. The molecule has 126 valence electrons. The van der Waals surface area contributed by atoms with Crippen LogP contribution in [0.2, 0.25) is 0 Å². The number of hydrogen-bond acceptors (Lipinski definition) is 3. The smallest absolute Gasteiger partial charge is 0.125 e. The van der Waals surface area contributed by atoms with E-state index < -0.39 is 5.60 Å². The van der Waals surface area contributed by atoms with Crippen LogP contribution in [0, 0.1) is 11.8 Å². The summed E-state index contributed by atoms with van der Waals surface area (Å²) in [5.41, 5.74) is 0.560. The minimum absolute atomic E-state index is 0.132. The fourth-order valence-corrected chi connectivity index (χ4v) is 2.65. The van der Waals surface area contributed by atoms with E-state index >= 15 is 0 Å².